The van der Waals surface area contributed by atoms with Gasteiger partial charge in [-0.2, -0.15) is 0 Å². The molecule has 0 aliphatic rings. The quantitative estimate of drug-likeness (QED) is 0.820. The highest BCUT2D eigenvalue weighted by atomic mass is 32.2. The number of sulfonamides is 1. The Morgan fingerprint density at radius 2 is 2.05 bits per heavy atom. The van der Waals surface area contributed by atoms with Crippen molar-refractivity contribution in [2.75, 3.05) is 17.2 Å². The minimum absolute atomic E-state index is 0.0513. The molecule has 0 amide bonds. The van der Waals surface area contributed by atoms with Crippen molar-refractivity contribution in [1.29, 1.82) is 0 Å². The minimum Gasteiger partial charge on any atom is -0.467 e. The molecule has 1 aromatic carbocycles. The number of primary sulfonamides is 1. The van der Waals surface area contributed by atoms with Gasteiger partial charge in [-0.3, -0.25) is 0 Å². The number of nitrogens with zero attached hydrogens (tertiary/aromatic N) is 1. The number of benzene rings is 1. The fourth-order valence-corrected chi connectivity index (χ4v) is 3.11. The number of furan rings is 1. The smallest absolute Gasteiger partial charge is 0.238 e. The van der Waals surface area contributed by atoms with Crippen molar-refractivity contribution in [2.24, 2.45) is 5.14 Å². The monoisotopic (exact) mass is 309 g/mol. The molecule has 1 aromatic heterocycles. The highest BCUT2D eigenvalue weighted by Crippen LogP contribution is 2.30. The van der Waals surface area contributed by atoms with Crippen molar-refractivity contribution in [3.8, 4) is 0 Å². The van der Waals surface area contributed by atoms with Crippen molar-refractivity contribution < 1.29 is 12.8 Å². The summed E-state index contributed by atoms with van der Waals surface area (Å²) >= 11 is 0. The highest BCUT2D eigenvalue weighted by molar-refractivity contribution is 7.89. The average molecular weight is 309 g/mol. The first-order chi connectivity index (χ1) is 9.82. The van der Waals surface area contributed by atoms with E-state index in [0.29, 0.717) is 24.3 Å². The zero-order chi connectivity index (χ0) is 15.6. The Morgan fingerprint density at radius 3 is 2.57 bits per heavy atom. The van der Waals surface area contributed by atoms with Crippen LogP contribution in [0.1, 0.15) is 18.2 Å². The molecule has 114 valence electrons. The van der Waals surface area contributed by atoms with Crippen molar-refractivity contribution in [3.63, 3.8) is 0 Å². The van der Waals surface area contributed by atoms with Gasteiger partial charge in [0.1, 0.15) is 5.76 Å². The molecular weight excluding hydrogens is 290 g/mol. The molecule has 2 rings (SSSR count). The van der Waals surface area contributed by atoms with Gasteiger partial charge in [-0.1, -0.05) is 0 Å². The molecule has 6 nitrogen and oxygen atoms in total. The van der Waals surface area contributed by atoms with E-state index in [9.17, 15) is 8.42 Å². The molecular formula is C14H19N3O3S. The highest BCUT2D eigenvalue weighted by Gasteiger charge is 2.19. The lowest BCUT2D eigenvalue weighted by Crippen LogP contribution is -2.24. The van der Waals surface area contributed by atoms with E-state index in [0.717, 1.165) is 11.4 Å². The number of nitrogen functional groups attached to an aromatic ring is 1. The van der Waals surface area contributed by atoms with Gasteiger partial charge < -0.3 is 15.1 Å². The molecule has 0 saturated carbocycles. The Kier molecular flexibility index (Phi) is 4.24. The molecule has 2 aromatic rings. The van der Waals surface area contributed by atoms with Crippen LogP contribution in [0, 0.1) is 6.92 Å². The standard InChI is InChI=1S/C14H19N3O3S/c1-3-17(9-12-5-4-6-20-12)13-7-11(15)8-14(10(13)2)21(16,18)19/h4-8H,3,9,15H2,1-2H3,(H2,16,18,19). The third-order valence-corrected chi connectivity index (χ3v) is 4.35. The molecule has 0 aliphatic heterocycles. The number of hydrogen-bond acceptors (Lipinski definition) is 5. The van der Waals surface area contributed by atoms with E-state index < -0.39 is 10.0 Å². The van der Waals surface area contributed by atoms with E-state index in [1.807, 2.05) is 24.0 Å². The second-order valence-corrected chi connectivity index (χ2v) is 6.33. The van der Waals surface area contributed by atoms with E-state index in [2.05, 4.69) is 0 Å². The van der Waals surface area contributed by atoms with Gasteiger partial charge in [0.15, 0.2) is 0 Å². The summed E-state index contributed by atoms with van der Waals surface area (Å²) in [6.07, 6.45) is 1.60. The van der Waals surface area contributed by atoms with E-state index >= 15 is 0 Å². The van der Waals surface area contributed by atoms with E-state index in [1.165, 1.54) is 6.07 Å². The largest absolute Gasteiger partial charge is 0.467 e. The molecule has 4 N–H and O–H groups in total. The Morgan fingerprint density at radius 1 is 1.33 bits per heavy atom. The lowest BCUT2D eigenvalue weighted by atomic mass is 10.1. The lowest BCUT2D eigenvalue weighted by molar-refractivity contribution is 0.503. The van der Waals surface area contributed by atoms with Crippen LogP contribution in [0.15, 0.2) is 39.8 Å². The minimum atomic E-state index is -3.81. The van der Waals surface area contributed by atoms with Gasteiger partial charge in [0.2, 0.25) is 10.0 Å². The van der Waals surface area contributed by atoms with E-state index in [4.69, 9.17) is 15.3 Å². The molecule has 7 heteroatoms. The molecule has 0 spiro atoms. The first kappa shape index (κ1) is 15.4. The van der Waals surface area contributed by atoms with Crippen LogP contribution in [0.25, 0.3) is 0 Å². The summed E-state index contributed by atoms with van der Waals surface area (Å²) in [5, 5.41) is 5.25. The van der Waals surface area contributed by atoms with Gasteiger partial charge in [-0.25, -0.2) is 13.6 Å². The predicted octanol–water partition coefficient (Wildman–Crippen LogP) is 1.84. The molecule has 0 fully saturated rings. The van der Waals surface area contributed by atoms with Crippen LogP contribution in [0.4, 0.5) is 11.4 Å². The summed E-state index contributed by atoms with van der Waals surface area (Å²) in [7, 11) is -3.81. The van der Waals surface area contributed by atoms with Crippen molar-refractivity contribution in [2.45, 2.75) is 25.3 Å². The van der Waals surface area contributed by atoms with Gasteiger partial charge in [0.05, 0.1) is 17.7 Å². The summed E-state index contributed by atoms with van der Waals surface area (Å²) in [6.45, 7) is 4.90. The van der Waals surface area contributed by atoms with Gasteiger partial charge in [0, 0.05) is 17.9 Å². The molecule has 0 atom stereocenters. The maximum atomic E-state index is 11.7. The van der Waals surface area contributed by atoms with Crippen molar-refractivity contribution >= 4 is 21.4 Å². The summed E-state index contributed by atoms with van der Waals surface area (Å²) in [5.74, 6) is 0.788. The topological polar surface area (TPSA) is 103 Å². The average Bonchev–Trinajstić information content (AvgIpc) is 2.90. The molecule has 0 radical (unpaired) electrons. The molecule has 1 heterocycles. The van der Waals surface area contributed by atoms with Crippen molar-refractivity contribution in [1.82, 2.24) is 0 Å². The Bertz CT molecular complexity index is 724. The SMILES string of the molecule is CCN(Cc1ccco1)c1cc(N)cc(S(N)(=O)=O)c1C. The van der Waals surface area contributed by atoms with Gasteiger partial charge in [0.25, 0.3) is 0 Å². The first-order valence-corrected chi connectivity index (χ1v) is 8.07. The van der Waals surface area contributed by atoms with Crippen LogP contribution in [0.3, 0.4) is 0 Å². The van der Waals surface area contributed by atoms with E-state index in [1.54, 1.807) is 19.3 Å². The van der Waals surface area contributed by atoms with Crippen LogP contribution < -0.4 is 15.8 Å². The van der Waals surface area contributed by atoms with E-state index in [-0.39, 0.29) is 4.90 Å². The molecule has 0 bridgehead atoms. The second-order valence-electron chi connectivity index (χ2n) is 4.80. The fourth-order valence-electron chi connectivity index (χ4n) is 2.28. The van der Waals surface area contributed by atoms with Crippen LogP contribution in [-0.2, 0) is 16.6 Å². The predicted molar refractivity (Wildman–Crippen MR) is 82.4 cm³/mol. The normalized spacial score (nSPS) is 11.6. The third-order valence-electron chi connectivity index (χ3n) is 3.31. The maximum absolute atomic E-state index is 11.7. The first-order valence-electron chi connectivity index (χ1n) is 6.53. The zero-order valence-corrected chi connectivity index (χ0v) is 12.9. The molecule has 0 aliphatic carbocycles. The number of anilines is 2. The molecule has 0 unspecified atom stereocenters. The zero-order valence-electron chi connectivity index (χ0n) is 12.0. The van der Waals surface area contributed by atoms with Crippen LogP contribution in [0.2, 0.25) is 0 Å². The van der Waals surface area contributed by atoms with Crippen LogP contribution >= 0.6 is 0 Å². The molecule has 0 saturated heterocycles. The maximum Gasteiger partial charge on any atom is 0.238 e. The summed E-state index contributed by atoms with van der Waals surface area (Å²) in [5.41, 5.74) is 7.50. The number of hydrogen-bond donors (Lipinski definition) is 2. The number of rotatable bonds is 5. The second kappa shape index (κ2) is 5.79. The third kappa shape index (κ3) is 3.37. The number of nitrogens with two attached hydrogens (primary N) is 2. The van der Waals surface area contributed by atoms with Crippen molar-refractivity contribution in [3.05, 3.63) is 41.9 Å². The van der Waals surface area contributed by atoms with Gasteiger partial charge >= 0.3 is 0 Å². The lowest BCUT2D eigenvalue weighted by Gasteiger charge is -2.25. The Hall–Kier alpha value is -1.99. The van der Waals surface area contributed by atoms with Gasteiger partial charge in [-0.05, 0) is 43.7 Å². The Labute approximate surface area is 124 Å². The Balaban J connectivity index is 2.48. The van der Waals surface area contributed by atoms with Gasteiger partial charge in [-0.15, -0.1) is 0 Å². The summed E-state index contributed by atoms with van der Waals surface area (Å²) in [4.78, 5) is 2.04. The van der Waals surface area contributed by atoms with Crippen LogP contribution in [0.5, 0.6) is 0 Å². The summed E-state index contributed by atoms with van der Waals surface area (Å²) in [6, 6.07) is 6.81. The fraction of sp³-hybridized carbons (Fsp3) is 0.286. The van der Waals surface area contributed by atoms with Crippen LogP contribution in [-0.4, -0.2) is 15.0 Å². The summed E-state index contributed by atoms with van der Waals surface area (Å²) < 4.78 is 28.7. The molecule has 21 heavy (non-hydrogen) atoms.